The Morgan fingerprint density at radius 2 is 2.00 bits per heavy atom. The van der Waals surface area contributed by atoms with E-state index in [0.29, 0.717) is 25.7 Å². The van der Waals surface area contributed by atoms with Crippen molar-refractivity contribution < 1.29 is 14.7 Å². The van der Waals surface area contributed by atoms with Crippen LogP contribution in [0.1, 0.15) is 43.7 Å². The maximum atomic E-state index is 11.9. The molecular weight excluding hydrogens is 268 g/mol. The van der Waals surface area contributed by atoms with Gasteiger partial charge in [-0.25, -0.2) is 0 Å². The highest BCUT2D eigenvalue weighted by Gasteiger charge is 2.30. The van der Waals surface area contributed by atoms with Gasteiger partial charge in [0.05, 0.1) is 5.92 Å². The molecule has 1 amide bonds. The van der Waals surface area contributed by atoms with Gasteiger partial charge in [0.15, 0.2) is 0 Å². The Hall–Kier alpha value is -1.88. The first-order chi connectivity index (χ1) is 10.1. The summed E-state index contributed by atoms with van der Waals surface area (Å²) >= 11 is 0. The second-order valence-electron chi connectivity index (χ2n) is 5.67. The number of amides is 1. The van der Waals surface area contributed by atoms with Crippen molar-refractivity contribution in [3.05, 3.63) is 35.9 Å². The number of aliphatic carboxylic acids is 1. The Morgan fingerprint density at radius 1 is 1.29 bits per heavy atom. The molecule has 3 unspecified atom stereocenters. The molecule has 0 aromatic heterocycles. The molecule has 1 aromatic carbocycles. The number of rotatable bonds is 6. The van der Waals surface area contributed by atoms with Crippen LogP contribution in [0.2, 0.25) is 0 Å². The summed E-state index contributed by atoms with van der Waals surface area (Å²) < 4.78 is 0. The lowest BCUT2D eigenvalue weighted by Gasteiger charge is -2.15. The molecule has 0 saturated heterocycles. The number of nitrogens with one attached hydrogen (secondary N) is 1. The third kappa shape index (κ3) is 4.56. The van der Waals surface area contributed by atoms with E-state index in [1.165, 1.54) is 0 Å². The van der Waals surface area contributed by atoms with Crippen LogP contribution < -0.4 is 11.1 Å². The van der Waals surface area contributed by atoms with Crippen LogP contribution in [0.5, 0.6) is 0 Å². The molecule has 2 rings (SSSR count). The van der Waals surface area contributed by atoms with E-state index in [1.807, 2.05) is 30.3 Å². The predicted molar refractivity (Wildman–Crippen MR) is 79.5 cm³/mol. The van der Waals surface area contributed by atoms with Crippen molar-refractivity contribution in [1.82, 2.24) is 5.32 Å². The van der Waals surface area contributed by atoms with Gasteiger partial charge in [0, 0.05) is 18.5 Å². The summed E-state index contributed by atoms with van der Waals surface area (Å²) in [6.07, 6.45) is 2.87. The minimum Gasteiger partial charge on any atom is -0.481 e. The highest BCUT2D eigenvalue weighted by Crippen LogP contribution is 2.25. The fourth-order valence-corrected chi connectivity index (χ4v) is 2.79. The minimum absolute atomic E-state index is 0.00782. The van der Waals surface area contributed by atoms with Crippen LogP contribution in [0, 0.1) is 5.92 Å². The summed E-state index contributed by atoms with van der Waals surface area (Å²) in [6.45, 7) is 0. The molecule has 1 aromatic rings. The standard InChI is InChI=1S/C16H22N2O3/c17-14(11-4-2-1-3-5-11)8-9-15(19)18-13-7-6-12(10-13)16(20)21/h1-5,12-14H,6-10,17H2,(H,18,19)(H,20,21). The van der Waals surface area contributed by atoms with Crippen LogP contribution in [0.15, 0.2) is 30.3 Å². The molecule has 5 heteroatoms. The molecule has 0 heterocycles. The number of carbonyl (C=O) groups excluding carboxylic acids is 1. The van der Waals surface area contributed by atoms with E-state index in [2.05, 4.69) is 5.32 Å². The summed E-state index contributed by atoms with van der Waals surface area (Å²) in [5.41, 5.74) is 7.08. The first-order valence-electron chi connectivity index (χ1n) is 7.39. The maximum Gasteiger partial charge on any atom is 0.306 e. The average Bonchev–Trinajstić information content (AvgIpc) is 2.94. The lowest BCUT2D eigenvalue weighted by atomic mass is 10.0. The fourth-order valence-electron chi connectivity index (χ4n) is 2.79. The van der Waals surface area contributed by atoms with Gasteiger partial charge in [0.2, 0.25) is 5.91 Å². The van der Waals surface area contributed by atoms with Crippen LogP contribution in [0.4, 0.5) is 0 Å². The number of hydrogen-bond donors (Lipinski definition) is 3. The summed E-state index contributed by atoms with van der Waals surface area (Å²) in [5, 5.41) is 11.9. The molecule has 1 aliphatic rings. The molecular formula is C16H22N2O3. The van der Waals surface area contributed by atoms with Gasteiger partial charge in [0.1, 0.15) is 0 Å². The quantitative estimate of drug-likeness (QED) is 0.745. The number of carboxylic acids is 1. The van der Waals surface area contributed by atoms with E-state index in [0.717, 1.165) is 12.0 Å². The summed E-state index contributed by atoms with van der Waals surface area (Å²) in [6, 6.07) is 9.55. The molecule has 1 saturated carbocycles. The first-order valence-corrected chi connectivity index (χ1v) is 7.39. The molecule has 0 bridgehead atoms. The van der Waals surface area contributed by atoms with E-state index in [4.69, 9.17) is 10.8 Å². The Morgan fingerprint density at radius 3 is 2.62 bits per heavy atom. The predicted octanol–water partition coefficient (Wildman–Crippen LogP) is 1.84. The Balaban J connectivity index is 1.72. The Bertz CT molecular complexity index is 490. The van der Waals surface area contributed by atoms with Gasteiger partial charge in [-0.1, -0.05) is 30.3 Å². The number of hydrogen-bond acceptors (Lipinski definition) is 3. The van der Waals surface area contributed by atoms with Gasteiger partial charge >= 0.3 is 5.97 Å². The maximum absolute atomic E-state index is 11.9. The fraction of sp³-hybridized carbons (Fsp3) is 0.500. The first kappa shape index (κ1) is 15.5. The lowest BCUT2D eigenvalue weighted by molar-refractivity contribution is -0.141. The zero-order chi connectivity index (χ0) is 15.2. The Kier molecular flexibility index (Phi) is 5.33. The van der Waals surface area contributed by atoms with Gasteiger partial charge in [-0.05, 0) is 31.2 Å². The third-order valence-electron chi connectivity index (χ3n) is 4.06. The van der Waals surface area contributed by atoms with Gasteiger partial charge in [-0.3, -0.25) is 9.59 Å². The monoisotopic (exact) mass is 290 g/mol. The Labute approximate surface area is 124 Å². The molecule has 114 valence electrons. The summed E-state index contributed by atoms with van der Waals surface area (Å²) in [4.78, 5) is 22.8. The van der Waals surface area contributed by atoms with Crippen molar-refractivity contribution in [2.45, 2.75) is 44.2 Å². The smallest absolute Gasteiger partial charge is 0.306 e. The normalized spacial score (nSPS) is 22.7. The van der Waals surface area contributed by atoms with Gasteiger partial charge in [-0.15, -0.1) is 0 Å². The molecule has 5 nitrogen and oxygen atoms in total. The highest BCUT2D eigenvalue weighted by atomic mass is 16.4. The molecule has 21 heavy (non-hydrogen) atoms. The number of benzene rings is 1. The largest absolute Gasteiger partial charge is 0.481 e. The van der Waals surface area contributed by atoms with Gasteiger partial charge in [0.25, 0.3) is 0 Å². The molecule has 1 fully saturated rings. The summed E-state index contributed by atoms with van der Waals surface area (Å²) in [5.74, 6) is -1.13. The van der Waals surface area contributed by atoms with Crippen LogP contribution in [-0.2, 0) is 9.59 Å². The van der Waals surface area contributed by atoms with Crippen molar-refractivity contribution in [2.75, 3.05) is 0 Å². The van der Waals surface area contributed by atoms with Crippen molar-refractivity contribution in [2.24, 2.45) is 11.7 Å². The van der Waals surface area contributed by atoms with Crippen LogP contribution in [0.3, 0.4) is 0 Å². The number of nitrogens with two attached hydrogens (primary N) is 1. The zero-order valence-electron chi connectivity index (χ0n) is 12.0. The SMILES string of the molecule is NC(CCC(=O)NC1CCC(C(=O)O)C1)c1ccccc1. The van der Waals surface area contributed by atoms with Crippen molar-refractivity contribution >= 4 is 11.9 Å². The zero-order valence-corrected chi connectivity index (χ0v) is 12.0. The highest BCUT2D eigenvalue weighted by molar-refractivity contribution is 5.76. The van der Waals surface area contributed by atoms with E-state index >= 15 is 0 Å². The van der Waals surface area contributed by atoms with Crippen LogP contribution in [-0.4, -0.2) is 23.0 Å². The number of carbonyl (C=O) groups is 2. The number of carboxylic acid groups (broad SMARTS) is 1. The molecule has 4 N–H and O–H groups in total. The van der Waals surface area contributed by atoms with E-state index in [-0.39, 0.29) is 23.9 Å². The minimum atomic E-state index is -0.766. The van der Waals surface area contributed by atoms with E-state index in [9.17, 15) is 9.59 Å². The molecule has 0 aliphatic heterocycles. The van der Waals surface area contributed by atoms with Crippen molar-refractivity contribution in [3.63, 3.8) is 0 Å². The second kappa shape index (κ2) is 7.22. The summed E-state index contributed by atoms with van der Waals surface area (Å²) in [7, 11) is 0. The third-order valence-corrected chi connectivity index (χ3v) is 4.06. The van der Waals surface area contributed by atoms with Crippen LogP contribution >= 0.6 is 0 Å². The molecule has 0 radical (unpaired) electrons. The average molecular weight is 290 g/mol. The van der Waals surface area contributed by atoms with E-state index < -0.39 is 5.97 Å². The van der Waals surface area contributed by atoms with E-state index in [1.54, 1.807) is 0 Å². The molecule has 1 aliphatic carbocycles. The van der Waals surface area contributed by atoms with Crippen LogP contribution in [0.25, 0.3) is 0 Å². The lowest BCUT2D eigenvalue weighted by Crippen LogP contribution is -2.33. The topological polar surface area (TPSA) is 92.4 Å². The van der Waals surface area contributed by atoms with Gasteiger partial charge < -0.3 is 16.2 Å². The van der Waals surface area contributed by atoms with Gasteiger partial charge in [-0.2, -0.15) is 0 Å². The van der Waals surface area contributed by atoms with Crippen molar-refractivity contribution in [3.8, 4) is 0 Å². The molecule has 3 atom stereocenters. The van der Waals surface area contributed by atoms with Crippen molar-refractivity contribution in [1.29, 1.82) is 0 Å². The second-order valence-corrected chi connectivity index (χ2v) is 5.67. The molecule has 0 spiro atoms.